The fourth-order valence-corrected chi connectivity index (χ4v) is 2.69. The van der Waals surface area contributed by atoms with Gasteiger partial charge in [-0.1, -0.05) is 55.5 Å². The van der Waals surface area contributed by atoms with Crippen molar-refractivity contribution in [2.75, 3.05) is 5.32 Å². The molecule has 0 saturated heterocycles. The first-order valence-electron chi connectivity index (χ1n) is 6.25. The van der Waals surface area contributed by atoms with Gasteiger partial charge in [-0.05, 0) is 29.5 Å². The summed E-state index contributed by atoms with van der Waals surface area (Å²) in [6.45, 7) is 2.32. The third-order valence-electron chi connectivity index (χ3n) is 3.61. The van der Waals surface area contributed by atoms with E-state index in [0.29, 0.717) is 12.0 Å². The highest BCUT2D eigenvalue weighted by Crippen LogP contribution is 2.39. The second-order valence-electron chi connectivity index (χ2n) is 4.83. The summed E-state index contributed by atoms with van der Waals surface area (Å²) in [7, 11) is 0. The first-order valence-corrected chi connectivity index (χ1v) is 6.25. The number of para-hydroxylation sites is 1. The van der Waals surface area contributed by atoms with Crippen molar-refractivity contribution in [2.24, 2.45) is 0 Å². The summed E-state index contributed by atoms with van der Waals surface area (Å²) < 4.78 is 0. The first-order chi connectivity index (χ1) is 8.34. The lowest BCUT2D eigenvalue weighted by molar-refractivity contribution is 0.579. The van der Waals surface area contributed by atoms with Crippen LogP contribution < -0.4 is 5.32 Å². The van der Waals surface area contributed by atoms with Crippen LogP contribution in [0.3, 0.4) is 0 Å². The van der Waals surface area contributed by atoms with Gasteiger partial charge in [-0.15, -0.1) is 0 Å². The highest BCUT2D eigenvalue weighted by molar-refractivity contribution is 5.56. The third kappa shape index (κ3) is 1.93. The maximum absolute atomic E-state index is 3.64. The van der Waals surface area contributed by atoms with Crippen LogP contribution in [-0.4, -0.2) is 0 Å². The number of rotatable bonds is 1. The lowest BCUT2D eigenvalue weighted by atomic mass is 9.86. The Morgan fingerprint density at radius 3 is 2.47 bits per heavy atom. The average Bonchev–Trinajstić information content (AvgIpc) is 2.40. The molecule has 0 saturated carbocycles. The van der Waals surface area contributed by atoms with Crippen molar-refractivity contribution >= 4 is 5.69 Å². The fourth-order valence-electron chi connectivity index (χ4n) is 2.69. The van der Waals surface area contributed by atoms with Crippen LogP contribution in [0, 0.1) is 0 Å². The standard InChI is InChI=1S/C16H17N/c1-12-11-16(13-7-3-2-4-8-13)17-15-10-6-5-9-14(12)15/h2-10,12,16-17H,11H2,1H3/t12-,16?/m1/s1. The van der Waals surface area contributed by atoms with Crippen molar-refractivity contribution in [3.63, 3.8) is 0 Å². The van der Waals surface area contributed by atoms with Crippen LogP contribution in [-0.2, 0) is 0 Å². The molecule has 0 aliphatic carbocycles. The van der Waals surface area contributed by atoms with Gasteiger partial charge in [-0.3, -0.25) is 0 Å². The molecule has 0 aromatic heterocycles. The van der Waals surface area contributed by atoms with Crippen LogP contribution >= 0.6 is 0 Å². The molecule has 1 aliphatic heterocycles. The predicted molar refractivity (Wildman–Crippen MR) is 72.3 cm³/mol. The molecule has 2 aromatic rings. The molecule has 0 spiro atoms. The highest BCUT2D eigenvalue weighted by Gasteiger charge is 2.23. The molecule has 1 N–H and O–H groups in total. The molecule has 17 heavy (non-hydrogen) atoms. The summed E-state index contributed by atoms with van der Waals surface area (Å²) in [5.41, 5.74) is 4.12. The van der Waals surface area contributed by atoms with Gasteiger partial charge < -0.3 is 5.32 Å². The van der Waals surface area contributed by atoms with Gasteiger partial charge in [-0.25, -0.2) is 0 Å². The zero-order valence-electron chi connectivity index (χ0n) is 10.1. The summed E-state index contributed by atoms with van der Waals surface area (Å²) in [6, 6.07) is 19.8. The van der Waals surface area contributed by atoms with Gasteiger partial charge in [0.1, 0.15) is 0 Å². The molecule has 2 aromatic carbocycles. The van der Waals surface area contributed by atoms with Crippen molar-refractivity contribution in [3.8, 4) is 0 Å². The Morgan fingerprint density at radius 1 is 0.941 bits per heavy atom. The van der Waals surface area contributed by atoms with E-state index in [-0.39, 0.29) is 0 Å². The zero-order valence-corrected chi connectivity index (χ0v) is 10.1. The molecule has 0 bridgehead atoms. The van der Waals surface area contributed by atoms with E-state index < -0.39 is 0 Å². The van der Waals surface area contributed by atoms with E-state index in [1.54, 1.807) is 0 Å². The van der Waals surface area contributed by atoms with Gasteiger partial charge in [0.2, 0.25) is 0 Å². The molecular formula is C16H17N. The Kier molecular flexibility index (Phi) is 2.60. The highest BCUT2D eigenvalue weighted by atomic mass is 14.9. The number of benzene rings is 2. The summed E-state index contributed by atoms with van der Waals surface area (Å²) in [6.07, 6.45) is 1.17. The van der Waals surface area contributed by atoms with E-state index in [2.05, 4.69) is 66.8 Å². The molecule has 0 fully saturated rings. The minimum absolute atomic E-state index is 0.445. The van der Waals surface area contributed by atoms with Crippen molar-refractivity contribution in [1.82, 2.24) is 0 Å². The molecule has 2 atom stereocenters. The van der Waals surface area contributed by atoms with E-state index >= 15 is 0 Å². The molecule has 1 aliphatic rings. The summed E-state index contributed by atoms with van der Waals surface area (Å²) in [5, 5.41) is 3.64. The SMILES string of the molecule is C[C@@H]1CC(c2ccccc2)Nc2ccccc21. The summed E-state index contributed by atoms with van der Waals surface area (Å²) >= 11 is 0. The Bertz CT molecular complexity index is 504. The molecule has 0 amide bonds. The van der Waals surface area contributed by atoms with Crippen LogP contribution in [0.5, 0.6) is 0 Å². The van der Waals surface area contributed by atoms with E-state index in [0.717, 1.165) is 0 Å². The van der Waals surface area contributed by atoms with Crippen LogP contribution in [0.15, 0.2) is 54.6 Å². The molecular weight excluding hydrogens is 206 g/mol. The molecule has 3 rings (SSSR count). The zero-order chi connectivity index (χ0) is 11.7. The molecule has 1 heterocycles. The van der Waals surface area contributed by atoms with E-state index in [9.17, 15) is 0 Å². The maximum Gasteiger partial charge on any atom is 0.0519 e. The van der Waals surface area contributed by atoms with E-state index in [1.165, 1.54) is 23.2 Å². The Hall–Kier alpha value is -1.76. The van der Waals surface area contributed by atoms with Crippen LogP contribution in [0.2, 0.25) is 0 Å². The topological polar surface area (TPSA) is 12.0 Å². The Balaban J connectivity index is 1.94. The van der Waals surface area contributed by atoms with Crippen LogP contribution in [0.25, 0.3) is 0 Å². The number of anilines is 1. The minimum Gasteiger partial charge on any atom is -0.378 e. The van der Waals surface area contributed by atoms with Crippen molar-refractivity contribution in [2.45, 2.75) is 25.3 Å². The number of fused-ring (bicyclic) bond motifs is 1. The third-order valence-corrected chi connectivity index (χ3v) is 3.61. The quantitative estimate of drug-likeness (QED) is 0.758. The summed E-state index contributed by atoms with van der Waals surface area (Å²) in [4.78, 5) is 0. The van der Waals surface area contributed by atoms with Crippen LogP contribution in [0.1, 0.15) is 36.4 Å². The Morgan fingerprint density at radius 2 is 1.65 bits per heavy atom. The molecule has 86 valence electrons. The monoisotopic (exact) mass is 223 g/mol. The summed E-state index contributed by atoms with van der Waals surface area (Å²) in [5.74, 6) is 0.623. The first kappa shape index (κ1) is 10.4. The van der Waals surface area contributed by atoms with Gasteiger partial charge in [0, 0.05) is 5.69 Å². The predicted octanol–water partition coefficient (Wildman–Crippen LogP) is 4.35. The van der Waals surface area contributed by atoms with Gasteiger partial charge in [-0.2, -0.15) is 0 Å². The van der Waals surface area contributed by atoms with Gasteiger partial charge in [0.05, 0.1) is 6.04 Å². The molecule has 1 heteroatoms. The normalized spacial score (nSPS) is 22.6. The average molecular weight is 223 g/mol. The molecule has 1 nitrogen and oxygen atoms in total. The van der Waals surface area contributed by atoms with E-state index in [1.807, 2.05) is 0 Å². The van der Waals surface area contributed by atoms with Crippen LogP contribution in [0.4, 0.5) is 5.69 Å². The van der Waals surface area contributed by atoms with Crippen molar-refractivity contribution in [1.29, 1.82) is 0 Å². The van der Waals surface area contributed by atoms with Gasteiger partial charge in [0.25, 0.3) is 0 Å². The second kappa shape index (κ2) is 4.25. The van der Waals surface area contributed by atoms with Crippen molar-refractivity contribution in [3.05, 3.63) is 65.7 Å². The maximum atomic E-state index is 3.64. The molecule has 0 radical (unpaired) electrons. The second-order valence-corrected chi connectivity index (χ2v) is 4.83. The number of nitrogens with one attached hydrogen (secondary N) is 1. The number of hydrogen-bond acceptors (Lipinski definition) is 1. The van der Waals surface area contributed by atoms with Crippen molar-refractivity contribution < 1.29 is 0 Å². The van der Waals surface area contributed by atoms with Gasteiger partial charge in [0.15, 0.2) is 0 Å². The number of hydrogen-bond donors (Lipinski definition) is 1. The van der Waals surface area contributed by atoms with Gasteiger partial charge >= 0.3 is 0 Å². The molecule has 1 unspecified atom stereocenters. The largest absolute Gasteiger partial charge is 0.378 e. The van der Waals surface area contributed by atoms with E-state index in [4.69, 9.17) is 0 Å². The lowest BCUT2D eigenvalue weighted by Crippen LogP contribution is -2.20. The smallest absolute Gasteiger partial charge is 0.0519 e. The Labute approximate surface area is 102 Å². The lowest BCUT2D eigenvalue weighted by Gasteiger charge is -2.31. The minimum atomic E-state index is 0.445. The fraction of sp³-hybridized carbons (Fsp3) is 0.250.